The van der Waals surface area contributed by atoms with Crippen LogP contribution in [0, 0.1) is 5.92 Å². The molecule has 1 aromatic heterocycles. The molecule has 1 aliphatic carbocycles. The molecular formula is C23H24N4O4S. The molecule has 3 heterocycles. The van der Waals surface area contributed by atoms with Crippen molar-refractivity contribution in [3.05, 3.63) is 65.3 Å². The number of nitrogens with zero attached hydrogens (tertiary/aromatic N) is 2. The van der Waals surface area contributed by atoms with Gasteiger partial charge in [-0.2, -0.15) is 0 Å². The molecule has 3 unspecified atom stereocenters. The molecule has 2 aliphatic heterocycles. The van der Waals surface area contributed by atoms with E-state index in [2.05, 4.69) is 15.6 Å². The number of ether oxygens (including phenoxy) is 3. The minimum atomic E-state index is -0.571. The second kappa shape index (κ2) is 8.50. The fraction of sp³-hybridized carbons (Fsp3) is 0.348. The predicted molar refractivity (Wildman–Crippen MR) is 122 cm³/mol. The summed E-state index contributed by atoms with van der Waals surface area (Å²) in [5, 5.41) is 8.63. The molecule has 1 fully saturated rings. The van der Waals surface area contributed by atoms with E-state index in [1.807, 2.05) is 61.7 Å². The third kappa shape index (κ3) is 4.45. The molecule has 1 saturated heterocycles. The average molecular weight is 453 g/mol. The minimum absolute atomic E-state index is 0.105. The predicted octanol–water partition coefficient (Wildman–Crippen LogP) is 3.10. The van der Waals surface area contributed by atoms with Crippen LogP contribution in [0.3, 0.4) is 0 Å². The Morgan fingerprint density at radius 3 is 3.09 bits per heavy atom. The van der Waals surface area contributed by atoms with E-state index in [4.69, 9.17) is 19.2 Å². The van der Waals surface area contributed by atoms with Gasteiger partial charge in [0.15, 0.2) is 10.9 Å². The number of amides is 1. The molecular weight excluding hydrogens is 428 g/mol. The Hall–Kier alpha value is -3.01. The van der Waals surface area contributed by atoms with Crippen molar-refractivity contribution in [2.75, 3.05) is 18.5 Å². The van der Waals surface area contributed by atoms with Gasteiger partial charge in [0.2, 0.25) is 5.91 Å². The molecule has 3 atom stereocenters. The third-order valence-corrected chi connectivity index (χ3v) is 6.05. The maximum atomic E-state index is 12.8. The van der Waals surface area contributed by atoms with Gasteiger partial charge in [-0.05, 0) is 32.1 Å². The summed E-state index contributed by atoms with van der Waals surface area (Å²) in [5.74, 6) is 0.326. The zero-order chi connectivity index (χ0) is 22.1. The van der Waals surface area contributed by atoms with E-state index in [-0.39, 0.29) is 18.1 Å². The van der Waals surface area contributed by atoms with Crippen LogP contribution in [0.2, 0.25) is 0 Å². The molecule has 0 saturated carbocycles. The number of aliphatic imine (C=N–C) groups is 1. The van der Waals surface area contributed by atoms with Gasteiger partial charge >= 0.3 is 0 Å². The van der Waals surface area contributed by atoms with Gasteiger partial charge < -0.3 is 24.8 Å². The summed E-state index contributed by atoms with van der Waals surface area (Å²) >= 11 is 1.39. The van der Waals surface area contributed by atoms with Gasteiger partial charge in [-0.1, -0.05) is 24.3 Å². The van der Waals surface area contributed by atoms with Crippen LogP contribution >= 0.6 is 11.3 Å². The fourth-order valence-corrected chi connectivity index (χ4v) is 4.40. The number of allylic oxidation sites excluding steroid dienone is 2. The quantitative estimate of drug-likeness (QED) is 0.700. The van der Waals surface area contributed by atoms with Gasteiger partial charge in [-0.25, -0.2) is 4.98 Å². The topological polar surface area (TPSA) is 94.1 Å². The van der Waals surface area contributed by atoms with Crippen LogP contribution in [0.1, 0.15) is 19.4 Å². The van der Waals surface area contributed by atoms with Crippen molar-refractivity contribution in [2.45, 2.75) is 31.8 Å². The van der Waals surface area contributed by atoms with Crippen molar-refractivity contribution in [3.63, 3.8) is 0 Å². The lowest BCUT2D eigenvalue weighted by atomic mass is 9.92. The first-order chi connectivity index (χ1) is 15.5. The number of anilines is 1. The zero-order valence-corrected chi connectivity index (χ0v) is 18.6. The molecule has 1 aromatic carbocycles. The molecule has 0 radical (unpaired) electrons. The number of rotatable bonds is 6. The second-order valence-electron chi connectivity index (χ2n) is 8.20. The van der Waals surface area contributed by atoms with E-state index >= 15 is 0 Å². The Morgan fingerprint density at radius 1 is 1.41 bits per heavy atom. The molecule has 8 nitrogen and oxygen atoms in total. The number of amidine groups is 1. The SMILES string of the molecule is CC1(C)OCC(COc2cccc(C3=NC4C(=CC=CC4C(=O)Nc4nccs4)N3)c2)O1. The summed E-state index contributed by atoms with van der Waals surface area (Å²) in [6, 6.07) is 7.42. The number of fused-ring (bicyclic) bond motifs is 1. The van der Waals surface area contributed by atoms with Crippen LogP contribution in [0.5, 0.6) is 5.75 Å². The molecule has 0 spiro atoms. The van der Waals surface area contributed by atoms with Gasteiger partial charge in [-0.15, -0.1) is 11.3 Å². The van der Waals surface area contributed by atoms with Crippen LogP contribution in [0.15, 0.2) is 64.8 Å². The highest BCUT2D eigenvalue weighted by atomic mass is 32.1. The average Bonchev–Trinajstić information content (AvgIpc) is 3.51. The van der Waals surface area contributed by atoms with Gasteiger partial charge in [0.1, 0.15) is 30.3 Å². The number of aromatic nitrogens is 1. The van der Waals surface area contributed by atoms with E-state index in [0.29, 0.717) is 24.2 Å². The largest absolute Gasteiger partial charge is 0.491 e. The molecule has 2 N–H and O–H groups in total. The van der Waals surface area contributed by atoms with Crippen molar-refractivity contribution in [3.8, 4) is 5.75 Å². The van der Waals surface area contributed by atoms with Gasteiger partial charge in [-0.3, -0.25) is 9.79 Å². The van der Waals surface area contributed by atoms with E-state index in [9.17, 15) is 4.79 Å². The first-order valence-corrected chi connectivity index (χ1v) is 11.3. The summed E-state index contributed by atoms with van der Waals surface area (Å²) < 4.78 is 17.3. The first kappa shape index (κ1) is 20.9. The summed E-state index contributed by atoms with van der Waals surface area (Å²) in [4.78, 5) is 21.7. The third-order valence-electron chi connectivity index (χ3n) is 5.36. The van der Waals surface area contributed by atoms with Crippen molar-refractivity contribution in [1.29, 1.82) is 0 Å². The van der Waals surface area contributed by atoms with Crippen molar-refractivity contribution < 1.29 is 19.0 Å². The van der Waals surface area contributed by atoms with Gasteiger partial charge in [0, 0.05) is 22.8 Å². The second-order valence-corrected chi connectivity index (χ2v) is 9.09. The maximum Gasteiger partial charge on any atom is 0.235 e. The zero-order valence-electron chi connectivity index (χ0n) is 17.8. The lowest BCUT2D eigenvalue weighted by molar-refractivity contribution is -0.141. The van der Waals surface area contributed by atoms with Crippen LogP contribution in [0.4, 0.5) is 5.13 Å². The lowest BCUT2D eigenvalue weighted by Crippen LogP contribution is -2.33. The Bertz CT molecular complexity index is 1090. The molecule has 3 aliphatic rings. The number of thiazole rings is 1. The molecule has 0 bridgehead atoms. The van der Waals surface area contributed by atoms with Gasteiger partial charge in [0.05, 0.1) is 12.5 Å². The van der Waals surface area contributed by atoms with Crippen LogP contribution in [0.25, 0.3) is 0 Å². The molecule has 5 rings (SSSR count). The lowest BCUT2D eigenvalue weighted by Gasteiger charge is -2.20. The minimum Gasteiger partial charge on any atom is -0.491 e. The van der Waals surface area contributed by atoms with Crippen LogP contribution in [-0.4, -0.2) is 47.9 Å². The Balaban J connectivity index is 1.27. The Kier molecular flexibility index (Phi) is 5.54. The molecule has 166 valence electrons. The standard InChI is InChI=1S/C23H24N4O4S/c1-23(2)30-13-16(31-23)12-29-15-6-3-5-14(11-15)20-25-18-8-4-7-17(19(18)26-20)21(28)27-22-24-9-10-32-22/h3-11,16-17,19H,12-13H2,1-2H3,(H,25,26)(H,24,27,28). The number of hydrogen-bond acceptors (Lipinski definition) is 8. The highest BCUT2D eigenvalue weighted by molar-refractivity contribution is 7.13. The van der Waals surface area contributed by atoms with Crippen molar-refractivity contribution in [2.24, 2.45) is 10.9 Å². The van der Waals surface area contributed by atoms with Gasteiger partial charge in [0.25, 0.3) is 0 Å². The molecule has 1 amide bonds. The smallest absolute Gasteiger partial charge is 0.235 e. The summed E-state index contributed by atoms with van der Waals surface area (Å²) in [6.07, 6.45) is 7.27. The van der Waals surface area contributed by atoms with E-state index < -0.39 is 11.7 Å². The monoisotopic (exact) mass is 452 g/mol. The number of benzene rings is 1. The number of carbonyl (C=O) groups excluding carboxylic acids is 1. The maximum absolute atomic E-state index is 12.8. The highest BCUT2D eigenvalue weighted by Crippen LogP contribution is 2.29. The highest BCUT2D eigenvalue weighted by Gasteiger charge is 2.36. The number of nitrogens with one attached hydrogen (secondary N) is 2. The molecule has 2 aromatic rings. The molecule has 9 heteroatoms. The van der Waals surface area contributed by atoms with E-state index in [1.54, 1.807) is 6.20 Å². The Morgan fingerprint density at radius 2 is 2.31 bits per heavy atom. The van der Waals surface area contributed by atoms with E-state index in [1.165, 1.54) is 11.3 Å². The summed E-state index contributed by atoms with van der Waals surface area (Å²) in [5.41, 5.74) is 1.78. The van der Waals surface area contributed by atoms with Crippen LogP contribution in [-0.2, 0) is 14.3 Å². The number of hydrogen-bond donors (Lipinski definition) is 2. The van der Waals surface area contributed by atoms with Crippen LogP contribution < -0.4 is 15.4 Å². The normalized spacial score (nSPS) is 25.5. The Labute approximate surface area is 190 Å². The van der Waals surface area contributed by atoms with Crippen molar-refractivity contribution >= 4 is 28.2 Å². The number of carbonyl (C=O) groups is 1. The first-order valence-electron chi connectivity index (χ1n) is 10.5. The van der Waals surface area contributed by atoms with Crippen molar-refractivity contribution in [1.82, 2.24) is 10.3 Å². The molecule has 32 heavy (non-hydrogen) atoms. The van der Waals surface area contributed by atoms with E-state index in [0.717, 1.165) is 17.0 Å². The summed E-state index contributed by atoms with van der Waals surface area (Å²) in [6.45, 7) is 4.70. The summed E-state index contributed by atoms with van der Waals surface area (Å²) in [7, 11) is 0. The fourth-order valence-electron chi connectivity index (χ4n) is 3.87.